The number of aromatic nitrogens is 2. The molecular formula is C21H31N5O5S. The average molecular weight is 466 g/mol. The number of nitrogens with one attached hydrogen (secondary N) is 1. The maximum Gasteiger partial charge on any atom is 0.337 e. The summed E-state index contributed by atoms with van der Waals surface area (Å²) in [6.07, 6.45) is 5.52. The van der Waals surface area contributed by atoms with Crippen LogP contribution in [0.1, 0.15) is 45.1 Å². The van der Waals surface area contributed by atoms with Crippen molar-refractivity contribution in [2.75, 3.05) is 32.4 Å². The zero-order chi connectivity index (χ0) is 23.3. The number of nitrogens with zero attached hydrogens (tertiary/aromatic N) is 4. The number of amidine groups is 1. The quantitative estimate of drug-likeness (QED) is 0.272. The lowest BCUT2D eigenvalue weighted by Gasteiger charge is -2.36. The van der Waals surface area contributed by atoms with Crippen molar-refractivity contribution in [2.45, 2.75) is 46.0 Å². The normalized spacial score (nSPS) is 17.5. The monoisotopic (exact) mass is 465 g/mol. The largest absolute Gasteiger partial charge is 0.403 e. The van der Waals surface area contributed by atoms with Crippen LogP contribution in [0, 0.1) is 0 Å². The molecule has 11 heteroatoms. The second-order valence-corrected chi connectivity index (χ2v) is 10.4. The minimum absolute atomic E-state index is 0.0589. The molecule has 0 bridgehead atoms. The molecular weight excluding hydrogens is 434 g/mol. The molecule has 1 N–H and O–H groups in total. The molecule has 1 aliphatic rings. The first-order valence-electron chi connectivity index (χ1n) is 10.9. The third-order valence-electron chi connectivity index (χ3n) is 5.34. The maximum atomic E-state index is 12.7. The zero-order valence-electron chi connectivity index (χ0n) is 18.9. The smallest absolute Gasteiger partial charge is 0.337 e. The van der Waals surface area contributed by atoms with E-state index in [9.17, 15) is 13.8 Å². The number of H-pyrrole nitrogens is 1. The lowest BCUT2D eigenvalue weighted by molar-refractivity contribution is 0.250. The highest BCUT2D eigenvalue weighted by Gasteiger charge is 2.23. The molecule has 3 heterocycles. The summed E-state index contributed by atoms with van der Waals surface area (Å²) < 4.78 is 19.2. The number of unbranched alkanes of at least 4 members (excludes halogenated alkanes) is 1. The minimum atomic E-state index is -2.23. The van der Waals surface area contributed by atoms with Crippen LogP contribution in [0.2, 0.25) is 0 Å². The lowest BCUT2D eigenvalue weighted by atomic mass is 10.1. The number of aryl methyl sites for hydroxylation is 1. The summed E-state index contributed by atoms with van der Waals surface area (Å²) >= 11 is 0. The Balaban J connectivity index is 1.84. The van der Waals surface area contributed by atoms with Crippen molar-refractivity contribution in [3.05, 3.63) is 32.4 Å². The summed E-state index contributed by atoms with van der Waals surface area (Å²) in [4.78, 5) is 38.8. The van der Waals surface area contributed by atoms with Crippen LogP contribution in [0.5, 0.6) is 6.01 Å². The molecule has 10 nitrogen and oxygen atoms in total. The van der Waals surface area contributed by atoms with Gasteiger partial charge in [0, 0.05) is 54.6 Å². The van der Waals surface area contributed by atoms with Crippen LogP contribution < -0.4 is 16.0 Å². The Morgan fingerprint density at radius 2 is 2.00 bits per heavy atom. The highest BCUT2D eigenvalue weighted by Crippen LogP contribution is 2.16. The number of aromatic amines is 1. The summed E-state index contributed by atoms with van der Waals surface area (Å²) in [7, 11) is -2.23. The van der Waals surface area contributed by atoms with Gasteiger partial charge in [0.2, 0.25) is 5.71 Å². The predicted octanol–water partition coefficient (Wildman–Crippen LogP) is 1.59. The molecule has 2 aromatic rings. The van der Waals surface area contributed by atoms with Crippen molar-refractivity contribution in [1.82, 2.24) is 19.2 Å². The first-order chi connectivity index (χ1) is 15.2. The van der Waals surface area contributed by atoms with Gasteiger partial charge in [-0.1, -0.05) is 25.4 Å². The molecule has 1 aliphatic heterocycles. The van der Waals surface area contributed by atoms with Gasteiger partial charge in [-0.05, 0) is 30.7 Å². The van der Waals surface area contributed by atoms with Crippen LogP contribution in [-0.4, -0.2) is 67.5 Å². The molecule has 2 aromatic heterocycles. The maximum absolute atomic E-state index is 12.7. The van der Waals surface area contributed by atoms with Gasteiger partial charge in [0.15, 0.2) is 0 Å². The van der Waals surface area contributed by atoms with Crippen LogP contribution in [0.15, 0.2) is 25.2 Å². The predicted molar refractivity (Wildman–Crippen MR) is 127 cm³/mol. The second-order valence-electron chi connectivity index (χ2n) is 7.97. The highest BCUT2D eigenvalue weighted by atomic mass is 32.2. The van der Waals surface area contributed by atoms with Crippen molar-refractivity contribution in [3.63, 3.8) is 0 Å². The van der Waals surface area contributed by atoms with E-state index < -0.39 is 20.9 Å². The van der Waals surface area contributed by atoms with Crippen LogP contribution in [-0.2, 0) is 16.1 Å². The lowest BCUT2D eigenvalue weighted by Crippen LogP contribution is -2.50. The van der Waals surface area contributed by atoms with E-state index in [0.29, 0.717) is 50.4 Å². The number of hydrogen-bond donors (Lipinski definition) is 1. The molecule has 0 spiro atoms. The Kier molecular flexibility index (Phi) is 7.73. The zero-order valence-corrected chi connectivity index (χ0v) is 19.7. The summed E-state index contributed by atoms with van der Waals surface area (Å²) in [6, 6.07) is 1.20. The molecule has 0 saturated carbocycles. The van der Waals surface area contributed by atoms with Gasteiger partial charge in [-0.25, -0.2) is 9.10 Å². The van der Waals surface area contributed by atoms with Gasteiger partial charge in [-0.2, -0.15) is 4.98 Å². The summed E-state index contributed by atoms with van der Waals surface area (Å²) in [5, 5.41) is 4.48. The van der Waals surface area contributed by atoms with Gasteiger partial charge in [0.05, 0.1) is 0 Å². The second kappa shape index (κ2) is 10.3. The fraction of sp³-hybridized carbons (Fsp3) is 0.571. The van der Waals surface area contributed by atoms with Gasteiger partial charge in [-0.15, -0.1) is 0 Å². The molecule has 0 aromatic carbocycles. The molecule has 1 atom stereocenters. The Hall–Kier alpha value is -2.66. The first-order valence-corrected chi connectivity index (χ1v) is 12.9. The molecule has 3 rings (SSSR count). The SMILES string of the molecule is C=S(C)(=O)N1CCN(/C(CCC)=N\Oc2nc3oc(=O)cc(CCCC)c3c(=O)[nH]2)CC1. The van der Waals surface area contributed by atoms with E-state index in [-0.39, 0.29) is 17.1 Å². The van der Waals surface area contributed by atoms with Crippen LogP contribution >= 0.6 is 0 Å². The number of oxime groups is 1. The van der Waals surface area contributed by atoms with Gasteiger partial charge in [-0.3, -0.25) is 14.0 Å². The van der Waals surface area contributed by atoms with E-state index in [1.54, 1.807) is 6.26 Å². The van der Waals surface area contributed by atoms with E-state index >= 15 is 0 Å². The molecule has 1 unspecified atom stereocenters. The highest BCUT2D eigenvalue weighted by molar-refractivity contribution is 7.97. The number of rotatable bonds is 8. The Morgan fingerprint density at radius 1 is 1.28 bits per heavy atom. The van der Waals surface area contributed by atoms with Crippen LogP contribution in [0.3, 0.4) is 0 Å². The summed E-state index contributed by atoms with van der Waals surface area (Å²) in [6.45, 7) is 6.56. The minimum Gasteiger partial charge on any atom is -0.403 e. The third-order valence-corrected chi connectivity index (χ3v) is 6.79. The molecule has 0 aliphatic carbocycles. The van der Waals surface area contributed by atoms with Gasteiger partial charge >= 0.3 is 11.6 Å². The topological polar surface area (TPSA) is 121 Å². The third kappa shape index (κ3) is 5.77. The first kappa shape index (κ1) is 24.0. The van der Waals surface area contributed by atoms with Crippen molar-refractivity contribution in [3.8, 4) is 6.01 Å². The Labute approximate surface area is 187 Å². The van der Waals surface area contributed by atoms with Crippen molar-refractivity contribution < 1.29 is 13.5 Å². The van der Waals surface area contributed by atoms with E-state index in [2.05, 4.69) is 25.9 Å². The van der Waals surface area contributed by atoms with Gasteiger partial charge < -0.3 is 14.2 Å². The summed E-state index contributed by atoms with van der Waals surface area (Å²) in [5.41, 5.74) is -0.437. The standard InChI is InChI=1S/C21H31N5O5S/c1-5-7-9-15-14-17(27)30-20-18(15)19(28)22-21(23-20)31-24-16(8-6-2)25-10-12-26(13-11-25)32(3,4)29/h14H,3,5-13H2,1-2,4H3,(H,22,23,28)/b24-16-. The number of fused-ring (bicyclic) bond motifs is 1. The molecule has 176 valence electrons. The van der Waals surface area contributed by atoms with Crippen LogP contribution in [0.25, 0.3) is 11.1 Å². The Morgan fingerprint density at radius 3 is 2.62 bits per heavy atom. The fourth-order valence-electron chi connectivity index (χ4n) is 3.65. The molecule has 0 amide bonds. The van der Waals surface area contributed by atoms with E-state index in [1.165, 1.54) is 6.07 Å². The fourth-order valence-corrected chi connectivity index (χ4v) is 4.59. The van der Waals surface area contributed by atoms with E-state index in [4.69, 9.17) is 9.25 Å². The Bertz CT molecular complexity index is 1190. The number of piperazine rings is 1. The average Bonchev–Trinajstić information content (AvgIpc) is 2.74. The number of hydrogen-bond acceptors (Lipinski definition) is 7. The van der Waals surface area contributed by atoms with Crippen molar-refractivity contribution in [1.29, 1.82) is 0 Å². The van der Waals surface area contributed by atoms with Gasteiger partial charge in [0.25, 0.3) is 5.56 Å². The molecule has 1 saturated heterocycles. The molecule has 0 radical (unpaired) electrons. The molecule has 1 fully saturated rings. The van der Waals surface area contributed by atoms with Crippen molar-refractivity contribution in [2.24, 2.45) is 5.16 Å². The van der Waals surface area contributed by atoms with E-state index in [0.717, 1.165) is 19.3 Å². The summed E-state index contributed by atoms with van der Waals surface area (Å²) in [5.74, 6) is 4.45. The van der Waals surface area contributed by atoms with Crippen molar-refractivity contribution >= 4 is 32.5 Å². The van der Waals surface area contributed by atoms with Crippen LogP contribution in [0.4, 0.5) is 0 Å². The molecule has 32 heavy (non-hydrogen) atoms. The van der Waals surface area contributed by atoms with Gasteiger partial charge in [0.1, 0.15) is 11.2 Å². The van der Waals surface area contributed by atoms with E-state index in [1.807, 2.05) is 18.2 Å².